The molecule has 1 atom stereocenters. The van der Waals surface area contributed by atoms with E-state index in [1.165, 1.54) is 0 Å². The van der Waals surface area contributed by atoms with Gasteiger partial charge in [0, 0.05) is 11.3 Å². The van der Waals surface area contributed by atoms with Crippen LogP contribution in [0.3, 0.4) is 0 Å². The minimum atomic E-state index is -0.244. The van der Waals surface area contributed by atoms with Crippen molar-refractivity contribution in [1.29, 1.82) is 0 Å². The highest BCUT2D eigenvalue weighted by Gasteiger charge is 2.19. The number of amides is 1. The van der Waals surface area contributed by atoms with Crippen LogP contribution < -0.4 is 10.1 Å². The van der Waals surface area contributed by atoms with Crippen LogP contribution in [-0.2, 0) is 10.5 Å². The average Bonchev–Trinajstić information content (AvgIpc) is 2.60. The Kier molecular flexibility index (Phi) is 7.30. The number of hydrogen-bond donors (Lipinski definition) is 1. The first-order valence-corrected chi connectivity index (χ1v) is 10.4. The first-order chi connectivity index (χ1) is 13.1. The van der Waals surface area contributed by atoms with Gasteiger partial charge in [-0.1, -0.05) is 12.1 Å². The van der Waals surface area contributed by atoms with E-state index in [-0.39, 0.29) is 16.9 Å². The Morgan fingerprint density at radius 1 is 1.11 bits per heavy atom. The topological polar surface area (TPSA) is 55.4 Å². The number of ketones is 1. The molecule has 5 heteroatoms. The molecular weight excluding hydrogens is 370 g/mol. The van der Waals surface area contributed by atoms with Gasteiger partial charge in [0.05, 0.1) is 18.0 Å². The maximum atomic E-state index is 12.7. The number of anilines is 1. The molecule has 28 heavy (non-hydrogen) atoms. The number of rotatable bonds is 7. The number of carbonyl (C=O) groups excluding carboxylic acids is 2. The molecule has 0 spiro atoms. The van der Waals surface area contributed by atoms with Gasteiger partial charge in [-0.3, -0.25) is 9.59 Å². The highest BCUT2D eigenvalue weighted by atomic mass is 32.2. The molecule has 0 bridgehead atoms. The summed E-state index contributed by atoms with van der Waals surface area (Å²) in [7, 11) is 1.59. The number of benzene rings is 2. The quantitative estimate of drug-likeness (QED) is 0.634. The van der Waals surface area contributed by atoms with E-state index in [0.29, 0.717) is 17.2 Å². The Balaban J connectivity index is 2.13. The molecule has 0 heterocycles. The molecule has 0 saturated heterocycles. The third kappa shape index (κ3) is 4.96. The molecule has 2 aromatic rings. The summed E-state index contributed by atoms with van der Waals surface area (Å²) < 4.78 is 5.34. The first kappa shape index (κ1) is 22.0. The Bertz CT molecular complexity index is 905. The highest BCUT2D eigenvalue weighted by Crippen LogP contribution is 2.30. The Hall–Kier alpha value is -2.27. The molecule has 0 aromatic heterocycles. The zero-order chi connectivity index (χ0) is 21.0. The summed E-state index contributed by atoms with van der Waals surface area (Å²) in [5.74, 6) is 1.34. The van der Waals surface area contributed by atoms with Gasteiger partial charge in [0.15, 0.2) is 5.78 Å². The third-order valence-electron chi connectivity index (χ3n) is 4.94. The van der Waals surface area contributed by atoms with Crippen LogP contribution in [0.2, 0.25) is 0 Å². The van der Waals surface area contributed by atoms with Crippen LogP contribution in [0.4, 0.5) is 5.69 Å². The summed E-state index contributed by atoms with van der Waals surface area (Å²) >= 11 is 1.56. The van der Waals surface area contributed by atoms with Gasteiger partial charge in [0.25, 0.3) is 0 Å². The van der Waals surface area contributed by atoms with E-state index < -0.39 is 0 Å². The molecule has 0 aliphatic rings. The van der Waals surface area contributed by atoms with Crippen LogP contribution in [0.25, 0.3) is 0 Å². The lowest BCUT2D eigenvalue weighted by Gasteiger charge is -2.18. The van der Waals surface area contributed by atoms with Crippen LogP contribution in [-0.4, -0.2) is 24.1 Å². The van der Waals surface area contributed by atoms with Crippen LogP contribution in [0.5, 0.6) is 5.75 Å². The Labute approximate surface area is 172 Å². The normalized spacial score (nSPS) is 11.8. The molecule has 4 nitrogen and oxygen atoms in total. The number of thioether (sulfide) groups is 1. The minimum Gasteiger partial charge on any atom is -0.495 e. The highest BCUT2D eigenvalue weighted by molar-refractivity contribution is 7.99. The zero-order valence-corrected chi connectivity index (χ0v) is 18.5. The van der Waals surface area contributed by atoms with E-state index in [9.17, 15) is 9.59 Å². The van der Waals surface area contributed by atoms with Crippen LogP contribution >= 0.6 is 11.8 Å². The van der Waals surface area contributed by atoms with Gasteiger partial charge in [-0.2, -0.15) is 0 Å². The van der Waals surface area contributed by atoms with Gasteiger partial charge in [-0.15, -0.1) is 11.8 Å². The first-order valence-electron chi connectivity index (χ1n) is 9.33. The fourth-order valence-corrected chi connectivity index (χ4v) is 4.50. The van der Waals surface area contributed by atoms with Gasteiger partial charge < -0.3 is 10.1 Å². The summed E-state index contributed by atoms with van der Waals surface area (Å²) in [5, 5.41) is 2.72. The van der Waals surface area contributed by atoms with E-state index in [1.54, 1.807) is 25.8 Å². The average molecular weight is 400 g/mol. The second-order valence-corrected chi connectivity index (χ2v) is 8.52. The van der Waals surface area contributed by atoms with Crippen molar-refractivity contribution in [1.82, 2.24) is 0 Å². The van der Waals surface area contributed by atoms with Crippen LogP contribution in [0.1, 0.15) is 52.0 Å². The number of hydrogen-bond acceptors (Lipinski definition) is 4. The van der Waals surface area contributed by atoms with Crippen molar-refractivity contribution in [2.24, 2.45) is 0 Å². The monoisotopic (exact) mass is 399 g/mol. The maximum Gasteiger partial charge on any atom is 0.237 e. The predicted octanol–water partition coefficient (Wildman–Crippen LogP) is 5.39. The molecule has 0 saturated carbocycles. The van der Waals surface area contributed by atoms with E-state index >= 15 is 0 Å². The number of nitrogens with one attached hydrogen (secondary N) is 1. The number of aryl methyl sites for hydroxylation is 3. The smallest absolute Gasteiger partial charge is 0.237 e. The van der Waals surface area contributed by atoms with Gasteiger partial charge in [0.2, 0.25) is 5.91 Å². The van der Waals surface area contributed by atoms with E-state index in [0.717, 1.165) is 33.4 Å². The third-order valence-corrected chi connectivity index (χ3v) is 6.11. The van der Waals surface area contributed by atoms with Gasteiger partial charge >= 0.3 is 0 Å². The molecule has 2 rings (SSSR count). The van der Waals surface area contributed by atoms with E-state index in [2.05, 4.69) is 18.3 Å². The summed E-state index contributed by atoms with van der Waals surface area (Å²) in [5.41, 5.74) is 6.84. The summed E-state index contributed by atoms with van der Waals surface area (Å²) in [6.07, 6.45) is 0. The van der Waals surface area contributed by atoms with E-state index in [1.807, 2.05) is 45.9 Å². The van der Waals surface area contributed by atoms with Crippen molar-refractivity contribution in [3.8, 4) is 5.75 Å². The summed E-state index contributed by atoms with van der Waals surface area (Å²) in [4.78, 5) is 24.7. The molecule has 1 N–H and O–H groups in total. The van der Waals surface area contributed by atoms with Crippen LogP contribution in [0, 0.1) is 27.7 Å². The van der Waals surface area contributed by atoms with Crippen molar-refractivity contribution in [2.75, 3.05) is 12.4 Å². The summed E-state index contributed by atoms with van der Waals surface area (Å²) in [6, 6.07) is 7.76. The molecule has 0 fully saturated rings. The van der Waals surface area contributed by atoms with Gasteiger partial charge in [-0.25, -0.2) is 0 Å². The molecule has 150 valence electrons. The second-order valence-electron chi connectivity index (χ2n) is 7.19. The number of ether oxygens (including phenoxy) is 1. The van der Waals surface area contributed by atoms with Crippen molar-refractivity contribution in [2.45, 2.75) is 52.5 Å². The minimum absolute atomic E-state index is 0.0666. The fraction of sp³-hybridized carbons (Fsp3) is 0.391. The standard InChI is InChI=1S/C23H29NO3S/c1-13-8-9-21(27-7)20(10-13)24-23(26)18(6)28-12-19-14(2)11-15(3)22(16(19)4)17(5)25/h8-11,18H,12H2,1-7H3,(H,24,26). The molecule has 1 unspecified atom stereocenters. The molecule has 0 aliphatic carbocycles. The zero-order valence-electron chi connectivity index (χ0n) is 17.7. The second kappa shape index (κ2) is 9.28. The van der Waals surface area contributed by atoms with Crippen LogP contribution in [0.15, 0.2) is 24.3 Å². The van der Waals surface area contributed by atoms with Crippen molar-refractivity contribution >= 4 is 29.1 Å². The van der Waals surface area contributed by atoms with Crippen molar-refractivity contribution in [3.63, 3.8) is 0 Å². The SMILES string of the molecule is COc1ccc(C)cc1NC(=O)C(C)SCc1c(C)cc(C)c(C(C)=O)c1C. The lowest BCUT2D eigenvalue weighted by molar-refractivity contribution is -0.115. The van der Waals surface area contributed by atoms with Gasteiger partial charge in [-0.05, 0) is 81.5 Å². The lowest BCUT2D eigenvalue weighted by atomic mass is 9.92. The molecular formula is C23H29NO3S. The predicted molar refractivity (Wildman–Crippen MR) is 118 cm³/mol. The molecule has 0 aliphatic heterocycles. The summed E-state index contributed by atoms with van der Waals surface area (Å²) in [6.45, 7) is 11.5. The molecule has 0 radical (unpaired) electrons. The van der Waals surface area contributed by atoms with Crippen molar-refractivity contribution in [3.05, 3.63) is 57.6 Å². The molecule has 1 amide bonds. The maximum absolute atomic E-state index is 12.7. The number of Topliss-reactive ketones (excluding diaryl/α,β-unsaturated/α-hetero) is 1. The van der Waals surface area contributed by atoms with Crippen molar-refractivity contribution < 1.29 is 14.3 Å². The number of methoxy groups -OCH3 is 1. The Morgan fingerprint density at radius 2 is 1.79 bits per heavy atom. The Morgan fingerprint density at radius 3 is 2.39 bits per heavy atom. The lowest BCUT2D eigenvalue weighted by Crippen LogP contribution is -2.23. The number of carbonyl (C=O) groups is 2. The van der Waals surface area contributed by atoms with Gasteiger partial charge in [0.1, 0.15) is 5.75 Å². The fourth-order valence-electron chi connectivity index (χ4n) is 3.43. The largest absolute Gasteiger partial charge is 0.495 e. The van der Waals surface area contributed by atoms with E-state index in [4.69, 9.17) is 4.74 Å². The molecule has 2 aromatic carbocycles.